The van der Waals surface area contributed by atoms with Crippen molar-refractivity contribution in [3.8, 4) is 11.5 Å². The van der Waals surface area contributed by atoms with Crippen molar-refractivity contribution in [1.82, 2.24) is 0 Å². The summed E-state index contributed by atoms with van der Waals surface area (Å²) in [4.78, 5) is 23.7. The largest absolute Gasteiger partial charge is 0.493 e. The van der Waals surface area contributed by atoms with E-state index >= 15 is 0 Å². The molecular formula is C27H34N2O4. The average Bonchev–Trinajstić information content (AvgIpc) is 3.47. The number of nitrogens with one attached hydrogen (secondary N) is 2. The van der Waals surface area contributed by atoms with Gasteiger partial charge in [-0.3, -0.25) is 9.59 Å². The molecule has 0 heterocycles. The molecule has 176 valence electrons. The molecule has 6 heteroatoms. The molecule has 33 heavy (non-hydrogen) atoms. The normalized spacial score (nSPS) is 20.4. The van der Waals surface area contributed by atoms with Crippen LogP contribution in [-0.2, 0) is 9.59 Å². The Labute approximate surface area is 196 Å². The Morgan fingerprint density at radius 1 is 0.909 bits per heavy atom. The molecule has 2 aromatic rings. The van der Waals surface area contributed by atoms with Crippen LogP contribution in [0, 0.1) is 5.92 Å². The Hall–Kier alpha value is -3.02. The topological polar surface area (TPSA) is 76.7 Å². The van der Waals surface area contributed by atoms with Crippen LogP contribution in [0.3, 0.4) is 0 Å². The molecule has 2 unspecified atom stereocenters. The molecule has 2 aliphatic rings. The number of amides is 2. The predicted molar refractivity (Wildman–Crippen MR) is 130 cm³/mol. The predicted octanol–water partition coefficient (Wildman–Crippen LogP) is 5.89. The highest BCUT2D eigenvalue weighted by Gasteiger charge is 2.28. The number of methoxy groups -OCH3 is 1. The van der Waals surface area contributed by atoms with E-state index in [4.69, 9.17) is 9.47 Å². The van der Waals surface area contributed by atoms with E-state index < -0.39 is 0 Å². The van der Waals surface area contributed by atoms with Gasteiger partial charge in [0.15, 0.2) is 11.5 Å². The maximum Gasteiger partial charge on any atom is 0.224 e. The maximum atomic E-state index is 12.6. The minimum Gasteiger partial charge on any atom is -0.493 e. The molecule has 0 saturated heterocycles. The van der Waals surface area contributed by atoms with Gasteiger partial charge in [0.25, 0.3) is 0 Å². The summed E-state index contributed by atoms with van der Waals surface area (Å²) >= 11 is 0. The van der Waals surface area contributed by atoms with Gasteiger partial charge in [-0.05, 0) is 98.7 Å². The lowest BCUT2D eigenvalue weighted by atomic mass is 9.95. The van der Waals surface area contributed by atoms with Crippen molar-refractivity contribution in [2.24, 2.45) is 5.92 Å². The Morgan fingerprint density at radius 3 is 2.27 bits per heavy atom. The van der Waals surface area contributed by atoms with Gasteiger partial charge in [0.2, 0.25) is 11.8 Å². The lowest BCUT2D eigenvalue weighted by Crippen LogP contribution is -2.15. The standard InChI is InChI=1S/C27H34N2O4/c1-18(30)28-22-10-12-23(13-11-22)29-27(31)16-19-7-8-20(15-19)21-9-14-25(32-2)26(17-21)33-24-5-3-4-6-24/h9-14,17,19-20,24H,3-8,15-16H2,1-2H3,(H,28,30)(H,29,31). The van der Waals surface area contributed by atoms with Crippen molar-refractivity contribution >= 4 is 23.2 Å². The zero-order valence-corrected chi connectivity index (χ0v) is 19.6. The van der Waals surface area contributed by atoms with Gasteiger partial charge >= 0.3 is 0 Å². The van der Waals surface area contributed by atoms with Gasteiger partial charge in [0.05, 0.1) is 13.2 Å². The van der Waals surface area contributed by atoms with Crippen LogP contribution in [0.15, 0.2) is 42.5 Å². The molecule has 0 spiro atoms. The number of benzene rings is 2. The second-order valence-electron chi connectivity index (χ2n) is 9.32. The van der Waals surface area contributed by atoms with Crippen molar-refractivity contribution in [2.75, 3.05) is 17.7 Å². The van der Waals surface area contributed by atoms with Gasteiger partial charge in [-0.2, -0.15) is 0 Å². The fraction of sp³-hybridized carbons (Fsp3) is 0.481. The highest BCUT2D eigenvalue weighted by Crippen LogP contribution is 2.43. The first-order valence-corrected chi connectivity index (χ1v) is 12.0. The number of hydrogen-bond acceptors (Lipinski definition) is 4. The molecule has 2 atom stereocenters. The molecule has 2 fully saturated rings. The molecular weight excluding hydrogens is 416 g/mol. The number of rotatable bonds is 8. The number of carbonyl (C=O) groups is 2. The smallest absolute Gasteiger partial charge is 0.224 e. The second-order valence-corrected chi connectivity index (χ2v) is 9.32. The highest BCUT2D eigenvalue weighted by molar-refractivity contribution is 5.92. The fourth-order valence-corrected chi connectivity index (χ4v) is 5.10. The van der Waals surface area contributed by atoms with E-state index in [1.54, 1.807) is 19.2 Å². The summed E-state index contributed by atoms with van der Waals surface area (Å²) in [6.07, 6.45) is 8.64. The van der Waals surface area contributed by atoms with Gasteiger partial charge in [-0.15, -0.1) is 0 Å². The Balaban J connectivity index is 1.31. The van der Waals surface area contributed by atoms with Crippen LogP contribution in [0.5, 0.6) is 11.5 Å². The molecule has 2 saturated carbocycles. The third-order valence-corrected chi connectivity index (χ3v) is 6.76. The number of carbonyl (C=O) groups excluding carboxylic acids is 2. The van der Waals surface area contributed by atoms with Crippen molar-refractivity contribution < 1.29 is 19.1 Å². The Morgan fingerprint density at radius 2 is 1.61 bits per heavy atom. The fourth-order valence-electron chi connectivity index (χ4n) is 5.10. The Bertz CT molecular complexity index is 967. The first-order chi connectivity index (χ1) is 16.0. The first kappa shape index (κ1) is 23.1. The van der Waals surface area contributed by atoms with Crippen molar-refractivity contribution in [3.63, 3.8) is 0 Å². The van der Waals surface area contributed by atoms with E-state index in [0.29, 0.717) is 24.4 Å². The van der Waals surface area contributed by atoms with Crippen LogP contribution in [0.4, 0.5) is 11.4 Å². The summed E-state index contributed by atoms with van der Waals surface area (Å²) in [5, 5.41) is 5.71. The van der Waals surface area contributed by atoms with E-state index in [1.807, 2.05) is 18.2 Å². The summed E-state index contributed by atoms with van der Waals surface area (Å²) in [7, 11) is 1.69. The van der Waals surface area contributed by atoms with Crippen LogP contribution < -0.4 is 20.1 Å². The van der Waals surface area contributed by atoms with Crippen LogP contribution in [0.1, 0.15) is 69.8 Å². The van der Waals surface area contributed by atoms with Gasteiger partial charge in [0, 0.05) is 24.7 Å². The molecule has 0 bridgehead atoms. The SMILES string of the molecule is COc1ccc(C2CCC(CC(=O)Nc3ccc(NC(C)=O)cc3)C2)cc1OC1CCCC1. The summed E-state index contributed by atoms with van der Waals surface area (Å²) < 4.78 is 11.8. The molecule has 4 rings (SSSR count). The number of anilines is 2. The molecule has 0 aromatic heterocycles. The van der Waals surface area contributed by atoms with Crippen LogP contribution in [0.25, 0.3) is 0 Å². The van der Waals surface area contributed by atoms with E-state index in [2.05, 4.69) is 22.8 Å². The maximum absolute atomic E-state index is 12.6. The van der Waals surface area contributed by atoms with Crippen LogP contribution in [-0.4, -0.2) is 25.0 Å². The van der Waals surface area contributed by atoms with Crippen LogP contribution in [0.2, 0.25) is 0 Å². The molecule has 6 nitrogen and oxygen atoms in total. The molecule has 0 aliphatic heterocycles. The third-order valence-electron chi connectivity index (χ3n) is 6.76. The van der Waals surface area contributed by atoms with Crippen LogP contribution >= 0.6 is 0 Å². The van der Waals surface area contributed by atoms with Gasteiger partial charge < -0.3 is 20.1 Å². The van der Waals surface area contributed by atoms with Crippen molar-refractivity contribution in [3.05, 3.63) is 48.0 Å². The van der Waals surface area contributed by atoms with E-state index in [-0.39, 0.29) is 11.8 Å². The third kappa shape index (κ3) is 6.28. The molecule has 2 amide bonds. The summed E-state index contributed by atoms with van der Waals surface area (Å²) in [5.74, 6) is 2.38. The quantitative estimate of drug-likeness (QED) is 0.526. The number of ether oxygens (including phenoxy) is 2. The molecule has 2 N–H and O–H groups in total. The van der Waals surface area contributed by atoms with E-state index in [1.165, 1.54) is 25.3 Å². The van der Waals surface area contributed by atoms with Gasteiger partial charge in [0.1, 0.15) is 0 Å². The molecule has 2 aliphatic carbocycles. The summed E-state index contributed by atoms with van der Waals surface area (Å²) in [5.41, 5.74) is 2.74. The Kier molecular flexibility index (Phi) is 7.53. The van der Waals surface area contributed by atoms with E-state index in [0.717, 1.165) is 55.0 Å². The minimum absolute atomic E-state index is 0.0351. The summed E-state index contributed by atoms with van der Waals surface area (Å²) in [6, 6.07) is 13.5. The second kappa shape index (κ2) is 10.7. The lowest BCUT2D eigenvalue weighted by Gasteiger charge is -2.19. The minimum atomic E-state index is -0.114. The van der Waals surface area contributed by atoms with Crippen molar-refractivity contribution in [1.29, 1.82) is 0 Å². The van der Waals surface area contributed by atoms with E-state index in [9.17, 15) is 9.59 Å². The first-order valence-electron chi connectivity index (χ1n) is 12.0. The average molecular weight is 451 g/mol. The monoisotopic (exact) mass is 450 g/mol. The van der Waals surface area contributed by atoms with Gasteiger partial charge in [-0.1, -0.05) is 6.07 Å². The lowest BCUT2D eigenvalue weighted by molar-refractivity contribution is -0.117. The molecule has 0 radical (unpaired) electrons. The summed E-state index contributed by atoms with van der Waals surface area (Å²) in [6.45, 7) is 1.47. The molecule has 2 aromatic carbocycles. The zero-order valence-electron chi connectivity index (χ0n) is 19.6. The van der Waals surface area contributed by atoms with Crippen molar-refractivity contribution in [2.45, 2.75) is 70.3 Å². The zero-order chi connectivity index (χ0) is 23.2. The highest BCUT2D eigenvalue weighted by atomic mass is 16.5. The van der Waals surface area contributed by atoms with Gasteiger partial charge in [-0.25, -0.2) is 0 Å². The number of hydrogen-bond donors (Lipinski definition) is 2.